The van der Waals surface area contributed by atoms with Crippen LogP contribution in [0.2, 0.25) is 0 Å². The molecule has 1 N–H and O–H groups in total. The van der Waals surface area contributed by atoms with Crippen molar-refractivity contribution in [2.24, 2.45) is 0 Å². The molecule has 0 aromatic heterocycles. The van der Waals surface area contributed by atoms with Gasteiger partial charge in [-0.1, -0.05) is 15.9 Å². The van der Waals surface area contributed by atoms with Crippen molar-refractivity contribution in [3.63, 3.8) is 0 Å². The smallest absolute Gasteiger partial charge is 0.174 e. The first-order valence-electron chi connectivity index (χ1n) is 3.93. The molecule has 0 aliphatic carbocycles. The third kappa shape index (κ3) is 1.94. The number of aryl methyl sites for hydroxylation is 1. The highest BCUT2D eigenvalue weighted by atomic mass is 79.9. The van der Waals surface area contributed by atoms with Crippen LogP contribution in [0.25, 0.3) is 0 Å². The van der Waals surface area contributed by atoms with Crippen molar-refractivity contribution >= 4 is 21.7 Å². The third-order valence-electron chi connectivity index (χ3n) is 1.84. The molecule has 3 nitrogen and oxygen atoms in total. The lowest BCUT2D eigenvalue weighted by Crippen LogP contribution is -2.05. The summed E-state index contributed by atoms with van der Waals surface area (Å²) >= 11 is 3.05. The van der Waals surface area contributed by atoms with Gasteiger partial charge < -0.3 is 5.11 Å². The fourth-order valence-corrected chi connectivity index (χ4v) is 1.57. The normalized spacial score (nSPS) is 9.50. The molecule has 0 atom stereocenters. The first-order valence-corrected chi connectivity index (χ1v) is 5.05. The summed E-state index contributed by atoms with van der Waals surface area (Å²) < 4.78 is 0. The van der Waals surface area contributed by atoms with Crippen LogP contribution in [0.1, 0.15) is 21.5 Å². The van der Waals surface area contributed by atoms with Gasteiger partial charge in [0.05, 0.1) is 10.9 Å². The number of hydrogen-bond acceptors (Lipinski definition) is 3. The molecule has 0 fully saturated rings. The lowest BCUT2D eigenvalue weighted by Gasteiger charge is -2.05. The fraction of sp³-hybridized carbons (Fsp3) is 0.200. The quantitative estimate of drug-likeness (QED) is 0.649. The van der Waals surface area contributed by atoms with E-state index in [0.29, 0.717) is 11.1 Å². The topological polar surface area (TPSA) is 61.1 Å². The van der Waals surface area contributed by atoms with Gasteiger partial charge >= 0.3 is 0 Å². The predicted molar refractivity (Wildman–Crippen MR) is 55.7 cm³/mol. The summed E-state index contributed by atoms with van der Waals surface area (Å²) in [6, 6.07) is 4.65. The predicted octanol–water partition coefficient (Wildman–Crippen LogP) is 2.15. The van der Waals surface area contributed by atoms with E-state index in [9.17, 15) is 9.90 Å². The van der Waals surface area contributed by atoms with Crippen LogP contribution in [0.3, 0.4) is 0 Å². The Hall–Kier alpha value is -1.34. The van der Waals surface area contributed by atoms with Crippen LogP contribution in [0.4, 0.5) is 0 Å². The number of phenolic OH excluding ortho intramolecular Hbond substituents is 1. The van der Waals surface area contributed by atoms with Gasteiger partial charge in [-0.15, -0.1) is 0 Å². The number of hydrogen-bond donors (Lipinski definition) is 1. The summed E-state index contributed by atoms with van der Waals surface area (Å²) in [5.41, 5.74) is 1.21. The van der Waals surface area contributed by atoms with E-state index in [2.05, 4.69) is 15.9 Å². The maximum absolute atomic E-state index is 11.4. The molecule has 1 aromatic carbocycles. The van der Waals surface area contributed by atoms with Crippen LogP contribution >= 0.6 is 15.9 Å². The molecule has 1 rings (SSSR count). The highest BCUT2D eigenvalue weighted by molar-refractivity contribution is 9.09. The molecule has 4 heteroatoms. The monoisotopic (exact) mass is 253 g/mol. The van der Waals surface area contributed by atoms with E-state index in [1.165, 1.54) is 12.1 Å². The average Bonchev–Trinajstić information content (AvgIpc) is 2.15. The van der Waals surface area contributed by atoms with Crippen molar-refractivity contribution in [2.75, 3.05) is 5.33 Å². The van der Waals surface area contributed by atoms with Crippen molar-refractivity contribution < 1.29 is 9.90 Å². The molecule has 0 radical (unpaired) electrons. The number of nitriles is 1. The minimum absolute atomic E-state index is 0.00479. The SMILES string of the molecule is Cc1cc(O)cc(C#N)c1C(=O)CBr. The Morgan fingerprint density at radius 2 is 2.29 bits per heavy atom. The van der Waals surface area contributed by atoms with Crippen molar-refractivity contribution in [1.29, 1.82) is 5.26 Å². The molecule has 1 aromatic rings. The number of benzene rings is 1. The van der Waals surface area contributed by atoms with Crippen LogP contribution in [0, 0.1) is 18.3 Å². The molecule has 0 spiro atoms. The van der Waals surface area contributed by atoms with Crippen molar-refractivity contribution in [2.45, 2.75) is 6.92 Å². The molecule has 72 valence electrons. The van der Waals surface area contributed by atoms with Gasteiger partial charge in [-0.05, 0) is 24.6 Å². The van der Waals surface area contributed by atoms with Crippen molar-refractivity contribution in [3.8, 4) is 11.8 Å². The number of nitrogens with zero attached hydrogens (tertiary/aromatic N) is 1. The van der Waals surface area contributed by atoms with Gasteiger partial charge in [0.1, 0.15) is 11.8 Å². The first kappa shape index (κ1) is 10.7. The molecular formula is C10H8BrNO2. The van der Waals surface area contributed by atoms with Crippen LogP contribution in [-0.2, 0) is 0 Å². The maximum atomic E-state index is 11.4. The highest BCUT2D eigenvalue weighted by Gasteiger charge is 2.14. The lowest BCUT2D eigenvalue weighted by molar-refractivity contribution is 0.102. The number of carbonyl (C=O) groups excluding carboxylic acids is 1. The molecule has 0 heterocycles. The number of rotatable bonds is 2. The first-order chi connectivity index (χ1) is 6.60. The Balaban J connectivity index is 3.42. The summed E-state index contributed by atoms with van der Waals surface area (Å²) in [6.45, 7) is 1.69. The van der Waals surface area contributed by atoms with E-state index < -0.39 is 0 Å². The largest absolute Gasteiger partial charge is 0.508 e. The third-order valence-corrected chi connectivity index (χ3v) is 2.35. The Bertz CT molecular complexity index is 421. The highest BCUT2D eigenvalue weighted by Crippen LogP contribution is 2.21. The van der Waals surface area contributed by atoms with Gasteiger partial charge in [0.15, 0.2) is 5.78 Å². The molecule has 0 amide bonds. The number of halogens is 1. The molecule has 0 unspecified atom stereocenters. The number of alkyl halides is 1. The summed E-state index contributed by atoms with van der Waals surface area (Å²) in [4.78, 5) is 11.4. The van der Waals surface area contributed by atoms with Gasteiger partial charge in [0, 0.05) is 5.56 Å². The lowest BCUT2D eigenvalue weighted by atomic mass is 9.99. The zero-order chi connectivity index (χ0) is 10.7. The Morgan fingerprint density at radius 1 is 1.64 bits per heavy atom. The van der Waals surface area contributed by atoms with Crippen molar-refractivity contribution in [3.05, 3.63) is 28.8 Å². The van der Waals surface area contributed by atoms with Crippen LogP contribution in [0.5, 0.6) is 5.75 Å². The Morgan fingerprint density at radius 3 is 2.79 bits per heavy atom. The average molecular weight is 254 g/mol. The molecule has 14 heavy (non-hydrogen) atoms. The number of phenols is 1. The standard InChI is InChI=1S/C10H8BrNO2/c1-6-2-8(13)3-7(5-12)10(6)9(14)4-11/h2-3,13H,4H2,1H3. The molecule has 0 saturated carbocycles. The Labute approximate surface area is 90.1 Å². The summed E-state index contributed by atoms with van der Waals surface area (Å²) in [7, 11) is 0. The number of aromatic hydroxyl groups is 1. The second-order valence-electron chi connectivity index (χ2n) is 2.85. The molecule has 0 bridgehead atoms. The minimum Gasteiger partial charge on any atom is -0.508 e. The Kier molecular flexibility index (Phi) is 3.26. The zero-order valence-electron chi connectivity index (χ0n) is 7.54. The van der Waals surface area contributed by atoms with Crippen LogP contribution < -0.4 is 0 Å². The van der Waals surface area contributed by atoms with Gasteiger partial charge in [0.2, 0.25) is 0 Å². The summed E-state index contributed by atoms with van der Waals surface area (Å²) in [6.07, 6.45) is 0. The molecule has 0 aliphatic heterocycles. The van der Waals surface area contributed by atoms with E-state index in [1.54, 1.807) is 6.92 Å². The minimum atomic E-state index is -0.154. The van der Waals surface area contributed by atoms with E-state index in [4.69, 9.17) is 5.26 Å². The summed E-state index contributed by atoms with van der Waals surface area (Å²) in [5.74, 6) is -0.149. The molecule has 0 saturated heterocycles. The van der Waals surface area contributed by atoms with E-state index in [0.717, 1.165) is 0 Å². The molecular weight excluding hydrogens is 246 g/mol. The van der Waals surface area contributed by atoms with Crippen molar-refractivity contribution in [1.82, 2.24) is 0 Å². The number of ketones is 1. The van der Waals surface area contributed by atoms with E-state index >= 15 is 0 Å². The second-order valence-corrected chi connectivity index (χ2v) is 3.41. The van der Waals surface area contributed by atoms with Gasteiger partial charge in [0.25, 0.3) is 0 Å². The van der Waals surface area contributed by atoms with E-state index in [1.807, 2.05) is 6.07 Å². The number of Topliss-reactive ketones (excluding diaryl/α,β-unsaturated/α-hetero) is 1. The van der Waals surface area contributed by atoms with Crippen LogP contribution in [-0.4, -0.2) is 16.2 Å². The van der Waals surface area contributed by atoms with E-state index in [-0.39, 0.29) is 22.4 Å². The zero-order valence-corrected chi connectivity index (χ0v) is 9.13. The maximum Gasteiger partial charge on any atom is 0.174 e. The fourth-order valence-electron chi connectivity index (χ4n) is 1.29. The van der Waals surface area contributed by atoms with Gasteiger partial charge in [-0.2, -0.15) is 5.26 Å². The van der Waals surface area contributed by atoms with Crippen LogP contribution in [0.15, 0.2) is 12.1 Å². The van der Waals surface area contributed by atoms with Gasteiger partial charge in [-0.25, -0.2) is 0 Å². The van der Waals surface area contributed by atoms with Gasteiger partial charge in [-0.3, -0.25) is 4.79 Å². The number of carbonyl (C=O) groups is 1. The second kappa shape index (κ2) is 4.25. The summed E-state index contributed by atoms with van der Waals surface area (Å²) in [5, 5.41) is 18.2. The molecule has 0 aliphatic rings.